The second kappa shape index (κ2) is 14.1. The Kier molecular flexibility index (Phi) is 12.3. The lowest BCUT2D eigenvalue weighted by Crippen LogP contribution is -1.94. The molecule has 0 aliphatic heterocycles. The summed E-state index contributed by atoms with van der Waals surface area (Å²) in [4.78, 5) is 10.1. The van der Waals surface area contributed by atoms with Gasteiger partial charge in [-0.3, -0.25) is 4.79 Å². The van der Waals surface area contributed by atoms with Crippen LogP contribution in [-0.2, 0) is 9.53 Å². The molecule has 23 heavy (non-hydrogen) atoms. The van der Waals surface area contributed by atoms with E-state index in [1.54, 1.807) is 6.92 Å². The molecular formula is C21H24O2. The monoisotopic (exact) mass is 308 g/mol. The molecule has 0 heterocycles. The minimum atomic E-state index is -0.241. The van der Waals surface area contributed by atoms with Crippen molar-refractivity contribution in [3.63, 3.8) is 0 Å². The van der Waals surface area contributed by atoms with E-state index in [-0.39, 0.29) is 5.97 Å². The van der Waals surface area contributed by atoms with Crippen LogP contribution in [0.15, 0.2) is 86.7 Å². The zero-order valence-electron chi connectivity index (χ0n) is 13.7. The van der Waals surface area contributed by atoms with Crippen LogP contribution in [0.1, 0.15) is 24.5 Å². The van der Waals surface area contributed by atoms with Gasteiger partial charge >= 0.3 is 5.97 Å². The standard InChI is InChI=1S/2C8H8.C5H8O2/c2*1-2-8-6-4-3-5-7-8;1-3-5(6)7-4-2/h2*2-7H,1H2;4H,2-3H2,1H3. The molecule has 2 heteroatoms. The Balaban J connectivity index is 0.000000317. The lowest BCUT2D eigenvalue weighted by atomic mass is 10.2. The zero-order valence-corrected chi connectivity index (χ0v) is 13.7. The van der Waals surface area contributed by atoms with Crippen molar-refractivity contribution in [1.82, 2.24) is 0 Å². The van der Waals surface area contributed by atoms with E-state index in [4.69, 9.17) is 0 Å². The first-order chi connectivity index (χ1) is 11.2. The van der Waals surface area contributed by atoms with Gasteiger partial charge in [-0.1, -0.05) is 99.5 Å². The van der Waals surface area contributed by atoms with Crippen molar-refractivity contribution in [2.45, 2.75) is 13.3 Å². The third-order valence-corrected chi connectivity index (χ3v) is 2.57. The van der Waals surface area contributed by atoms with Gasteiger partial charge in [-0.15, -0.1) is 0 Å². The Bertz CT molecular complexity index is 528. The van der Waals surface area contributed by atoms with Crippen LogP contribution in [0, 0.1) is 0 Å². The molecule has 0 aliphatic rings. The highest BCUT2D eigenvalue weighted by Crippen LogP contribution is 1.98. The van der Waals surface area contributed by atoms with Crippen molar-refractivity contribution in [2.75, 3.05) is 0 Å². The molecule has 120 valence electrons. The molecule has 2 rings (SSSR count). The molecule has 0 saturated heterocycles. The molecule has 2 nitrogen and oxygen atoms in total. The second-order valence-electron chi connectivity index (χ2n) is 4.24. The number of benzene rings is 2. The van der Waals surface area contributed by atoms with Gasteiger partial charge in [0.15, 0.2) is 0 Å². The van der Waals surface area contributed by atoms with Crippen LogP contribution in [0.3, 0.4) is 0 Å². The summed E-state index contributed by atoms with van der Waals surface area (Å²) in [7, 11) is 0. The summed E-state index contributed by atoms with van der Waals surface area (Å²) in [5.74, 6) is -0.241. The van der Waals surface area contributed by atoms with Gasteiger partial charge < -0.3 is 4.74 Å². The first kappa shape index (κ1) is 20.1. The van der Waals surface area contributed by atoms with Crippen molar-refractivity contribution in [3.8, 4) is 0 Å². The smallest absolute Gasteiger partial charge is 0.310 e. The van der Waals surface area contributed by atoms with Crippen molar-refractivity contribution in [2.24, 2.45) is 0 Å². The number of rotatable bonds is 4. The highest BCUT2D eigenvalue weighted by molar-refractivity contribution is 5.69. The molecule has 0 bridgehead atoms. The summed E-state index contributed by atoms with van der Waals surface area (Å²) >= 11 is 0. The fraction of sp³-hybridized carbons (Fsp3) is 0.0952. The molecular weight excluding hydrogens is 284 g/mol. The highest BCUT2D eigenvalue weighted by Gasteiger charge is 1.89. The Morgan fingerprint density at radius 1 is 0.870 bits per heavy atom. The van der Waals surface area contributed by atoms with E-state index in [1.807, 2.05) is 72.8 Å². The van der Waals surface area contributed by atoms with Gasteiger partial charge in [0, 0.05) is 6.42 Å². The van der Waals surface area contributed by atoms with Gasteiger partial charge in [-0.25, -0.2) is 0 Å². The van der Waals surface area contributed by atoms with Gasteiger partial charge in [0.25, 0.3) is 0 Å². The normalized spacial score (nSPS) is 8.22. The van der Waals surface area contributed by atoms with E-state index in [0.29, 0.717) is 6.42 Å². The summed E-state index contributed by atoms with van der Waals surface area (Å²) in [5.41, 5.74) is 2.35. The van der Waals surface area contributed by atoms with E-state index in [0.717, 1.165) is 6.26 Å². The molecule has 0 unspecified atom stereocenters. The van der Waals surface area contributed by atoms with E-state index in [9.17, 15) is 4.79 Å². The Hall–Kier alpha value is -2.87. The molecule has 0 spiro atoms. The van der Waals surface area contributed by atoms with Crippen LogP contribution in [0.4, 0.5) is 0 Å². The van der Waals surface area contributed by atoms with Crippen LogP contribution in [0.2, 0.25) is 0 Å². The fourth-order valence-electron chi connectivity index (χ4n) is 1.35. The van der Waals surface area contributed by atoms with E-state index >= 15 is 0 Å². The van der Waals surface area contributed by atoms with Gasteiger partial charge in [-0.2, -0.15) is 0 Å². The van der Waals surface area contributed by atoms with Crippen LogP contribution >= 0.6 is 0 Å². The van der Waals surface area contributed by atoms with Crippen LogP contribution < -0.4 is 0 Å². The molecule has 2 aromatic rings. The summed E-state index contributed by atoms with van der Waals surface area (Å²) < 4.78 is 4.32. The minimum Gasteiger partial charge on any atom is -0.435 e. The first-order valence-electron chi connectivity index (χ1n) is 7.33. The first-order valence-corrected chi connectivity index (χ1v) is 7.33. The maximum atomic E-state index is 10.1. The lowest BCUT2D eigenvalue weighted by Gasteiger charge is -1.88. The number of hydrogen-bond donors (Lipinski definition) is 0. The Labute approximate surface area is 139 Å². The van der Waals surface area contributed by atoms with Gasteiger partial charge in [-0.05, 0) is 11.1 Å². The van der Waals surface area contributed by atoms with E-state index in [1.165, 1.54) is 11.1 Å². The summed E-state index contributed by atoms with van der Waals surface area (Å²) in [6.07, 6.45) is 5.21. The second-order valence-corrected chi connectivity index (χ2v) is 4.24. The lowest BCUT2D eigenvalue weighted by molar-refractivity contribution is -0.137. The quantitative estimate of drug-likeness (QED) is 0.531. The van der Waals surface area contributed by atoms with Crippen molar-refractivity contribution in [3.05, 3.63) is 97.8 Å². The van der Waals surface area contributed by atoms with Crippen LogP contribution in [-0.4, -0.2) is 5.97 Å². The summed E-state index contributed by atoms with van der Waals surface area (Å²) in [6.45, 7) is 12.2. The third-order valence-electron chi connectivity index (χ3n) is 2.57. The number of esters is 1. The molecule has 2 aromatic carbocycles. The summed E-state index contributed by atoms with van der Waals surface area (Å²) in [6, 6.07) is 20.1. The number of hydrogen-bond acceptors (Lipinski definition) is 2. The fourth-order valence-corrected chi connectivity index (χ4v) is 1.35. The molecule has 0 aliphatic carbocycles. The molecule has 0 amide bonds. The maximum Gasteiger partial charge on any atom is 0.310 e. The SMILES string of the molecule is C=COC(=O)CC.C=Cc1ccccc1.C=Cc1ccccc1. The van der Waals surface area contributed by atoms with Gasteiger partial charge in [0.05, 0.1) is 6.26 Å². The Morgan fingerprint density at radius 3 is 1.43 bits per heavy atom. The van der Waals surface area contributed by atoms with Crippen molar-refractivity contribution >= 4 is 18.1 Å². The van der Waals surface area contributed by atoms with E-state index < -0.39 is 0 Å². The molecule has 0 fully saturated rings. The topological polar surface area (TPSA) is 26.3 Å². The predicted molar refractivity (Wildman–Crippen MR) is 99.6 cm³/mol. The maximum absolute atomic E-state index is 10.1. The summed E-state index contributed by atoms with van der Waals surface area (Å²) in [5, 5.41) is 0. The molecule has 0 aromatic heterocycles. The average molecular weight is 308 g/mol. The number of carbonyl (C=O) groups is 1. The van der Waals surface area contributed by atoms with Gasteiger partial charge in [0.2, 0.25) is 0 Å². The average Bonchev–Trinajstić information content (AvgIpc) is 2.64. The molecule has 0 N–H and O–H groups in total. The third kappa shape index (κ3) is 11.5. The van der Waals surface area contributed by atoms with E-state index in [2.05, 4.69) is 24.5 Å². The number of carbonyl (C=O) groups excluding carboxylic acids is 1. The van der Waals surface area contributed by atoms with Crippen LogP contribution in [0.25, 0.3) is 12.2 Å². The van der Waals surface area contributed by atoms with Crippen molar-refractivity contribution < 1.29 is 9.53 Å². The van der Waals surface area contributed by atoms with Crippen molar-refractivity contribution in [1.29, 1.82) is 0 Å². The molecule has 0 radical (unpaired) electrons. The predicted octanol–water partition coefficient (Wildman–Crippen LogP) is 5.74. The van der Waals surface area contributed by atoms with Gasteiger partial charge in [0.1, 0.15) is 0 Å². The highest BCUT2D eigenvalue weighted by atomic mass is 16.5. The molecule has 0 saturated carbocycles. The Morgan fingerprint density at radius 2 is 1.26 bits per heavy atom. The number of ether oxygens (including phenoxy) is 1. The minimum absolute atomic E-state index is 0.241. The van der Waals surface area contributed by atoms with Crippen LogP contribution in [0.5, 0.6) is 0 Å². The largest absolute Gasteiger partial charge is 0.435 e. The zero-order chi connectivity index (χ0) is 17.3. The molecule has 0 atom stereocenters.